The van der Waals surface area contributed by atoms with Crippen molar-refractivity contribution >= 4 is 22.9 Å². The van der Waals surface area contributed by atoms with Crippen LogP contribution < -0.4 is 5.32 Å². The lowest BCUT2D eigenvalue weighted by molar-refractivity contribution is 0.102. The summed E-state index contributed by atoms with van der Waals surface area (Å²) in [6.45, 7) is 4.32. The molecule has 4 heteroatoms. The first-order chi connectivity index (χ1) is 12.6. The second kappa shape index (κ2) is 7.04. The standard InChI is InChI=1S/C22H22N2OS/c1-14(2)15-9-11-19(12-10-15)23-21(25)17-5-3-16(4-6-17)20-13-26-22(24-20)18-7-8-18/h3-6,9-14,18H,7-8H2,1-2H3,(H,23,25). The maximum Gasteiger partial charge on any atom is 0.255 e. The van der Waals surface area contributed by atoms with Crippen LogP contribution in [-0.4, -0.2) is 10.9 Å². The third-order valence-corrected chi connectivity index (χ3v) is 5.73. The first-order valence-electron chi connectivity index (χ1n) is 9.07. The van der Waals surface area contributed by atoms with Gasteiger partial charge in [0.25, 0.3) is 5.91 Å². The Morgan fingerprint density at radius 1 is 1.08 bits per heavy atom. The molecule has 0 aliphatic heterocycles. The third-order valence-electron chi connectivity index (χ3n) is 4.73. The van der Waals surface area contributed by atoms with Crippen molar-refractivity contribution in [3.8, 4) is 11.3 Å². The zero-order valence-electron chi connectivity index (χ0n) is 15.0. The number of benzene rings is 2. The highest BCUT2D eigenvalue weighted by molar-refractivity contribution is 7.10. The number of nitrogens with zero attached hydrogens (tertiary/aromatic N) is 1. The van der Waals surface area contributed by atoms with Crippen LogP contribution in [0, 0.1) is 0 Å². The molecule has 1 amide bonds. The summed E-state index contributed by atoms with van der Waals surface area (Å²) in [4.78, 5) is 17.2. The molecule has 0 saturated heterocycles. The van der Waals surface area contributed by atoms with Crippen molar-refractivity contribution in [1.29, 1.82) is 0 Å². The van der Waals surface area contributed by atoms with Gasteiger partial charge in [0, 0.05) is 28.1 Å². The van der Waals surface area contributed by atoms with Crippen molar-refractivity contribution in [2.75, 3.05) is 5.32 Å². The molecular weight excluding hydrogens is 340 g/mol. The molecule has 0 atom stereocenters. The lowest BCUT2D eigenvalue weighted by Crippen LogP contribution is -2.11. The molecule has 0 unspecified atom stereocenters. The SMILES string of the molecule is CC(C)c1ccc(NC(=O)c2ccc(-c3csc(C4CC4)n3)cc2)cc1. The fourth-order valence-electron chi connectivity index (χ4n) is 2.88. The molecule has 2 aromatic carbocycles. The molecule has 0 bridgehead atoms. The molecular formula is C22H22N2OS. The van der Waals surface area contributed by atoms with Crippen LogP contribution in [0.4, 0.5) is 5.69 Å². The van der Waals surface area contributed by atoms with Crippen LogP contribution in [0.2, 0.25) is 0 Å². The van der Waals surface area contributed by atoms with Crippen molar-refractivity contribution in [3.05, 3.63) is 70.0 Å². The fraction of sp³-hybridized carbons (Fsp3) is 0.273. The smallest absolute Gasteiger partial charge is 0.255 e. The Bertz CT molecular complexity index is 906. The van der Waals surface area contributed by atoms with Crippen LogP contribution in [-0.2, 0) is 0 Å². The lowest BCUT2D eigenvalue weighted by Gasteiger charge is -2.09. The molecule has 1 aliphatic carbocycles. The first kappa shape index (κ1) is 17.0. The molecule has 3 nitrogen and oxygen atoms in total. The number of anilines is 1. The summed E-state index contributed by atoms with van der Waals surface area (Å²) in [6.07, 6.45) is 2.54. The van der Waals surface area contributed by atoms with E-state index in [1.165, 1.54) is 23.4 Å². The molecule has 26 heavy (non-hydrogen) atoms. The molecule has 3 aromatic rings. The molecule has 1 fully saturated rings. The Labute approximate surface area is 158 Å². The predicted octanol–water partition coefficient (Wildman–Crippen LogP) is 6.06. The minimum Gasteiger partial charge on any atom is -0.322 e. The second-order valence-electron chi connectivity index (χ2n) is 7.15. The summed E-state index contributed by atoms with van der Waals surface area (Å²) in [5.41, 5.74) is 4.80. The van der Waals surface area contributed by atoms with Crippen LogP contribution in [0.3, 0.4) is 0 Å². The zero-order valence-corrected chi connectivity index (χ0v) is 15.8. The van der Waals surface area contributed by atoms with E-state index >= 15 is 0 Å². The molecule has 1 N–H and O–H groups in total. The maximum absolute atomic E-state index is 12.5. The number of carbonyl (C=O) groups is 1. The van der Waals surface area contributed by atoms with E-state index in [9.17, 15) is 4.79 Å². The van der Waals surface area contributed by atoms with E-state index in [2.05, 4.69) is 36.7 Å². The van der Waals surface area contributed by atoms with E-state index in [0.717, 1.165) is 16.9 Å². The second-order valence-corrected chi connectivity index (χ2v) is 8.04. The Balaban J connectivity index is 1.44. The quantitative estimate of drug-likeness (QED) is 0.599. The number of aromatic nitrogens is 1. The van der Waals surface area contributed by atoms with Gasteiger partial charge in [-0.25, -0.2) is 4.98 Å². The van der Waals surface area contributed by atoms with Crippen LogP contribution in [0.5, 0.6) is 0 Å². The minimum atomic E-state index is -0.0919. The van der Waals surface area contributed by atoms with E-state index in [1.807, 2.05) is 36.4 Å². The van der Waals surface area contributed by atoms with Crippen LogP contribution in [0.25, 0.3) is 11.3 Å². The van der Waals surface area contributed by atoms with Gasteiger partial charge in [-0.2, -0.15) is 0 Å². The Hall–Kier alpha value is -2.46. The predicted molar refractivity (Wildman–Crippen MR) is 108 cm³/mol. The number of amides is 1. The van der Waals surface area contributed by atoms with Crippen molar-refractivity contribution in [3.63, 3.8) is 0 Å². The van der Waals surface area contributed by atoms with E-state index < -0.39 is 0 Å². The van der Waals surface area contributed by atoms with Crippen molar-refractivity contribution in [2.24, 2.45) is 0 Å². The molecule has 4 rings (SSSR count). The van der Waals surface area contributed by atoms with Crippen LogP contribution in [0.15, 0.2) is 53.9 Å². The molecule has 1 aliphatic rings. The third kappa shape index (κ3) is 3.70. The van der Waals surface area contributed by atoms with Gasteiger partial charge in [0.1, 0.15) is 0 Å². The summed E-state index contributed by atoms with van der Waals surface area (Å²) in [5, 5.41) is 6.31. The van der Waals surface area contributed by atoms with Gasteiger partial charge < -0.3 is 5.32 Å². The average molecular weight is 362 g/mol. The molecule has 1 heterocycles. The summed E-state index contributed by atoms with van der Waals surface area (Å²) in [6, 6.07) is 15.7. The number of thiazole rings is 1. The molecule has 132 valence electrons. The largest absolute Gasteiger partial charge is 0.322 e. The highest BCUT2D eigenvalue weighted by atomic mass is 32.1. The zero-order chi connectivity index (χ0) is 18.1. The molecule has 0 spiro atoms. The highest BCUT2D eigenvalue weighted by Gasteiger charge is 2.26. The van der Waals surface area contributed by atoms with Crippen molar-refractivity contribution < 1.29 is 4.79 Å². The normalized spacial score (nSPS) is 13.8. The molecule has 0 radical (unpaired) electrons. The van der Waals surface area contributed by atoms with Crippen LogP contribution >= 0.6 is 11.3 Å². The molecule has 1 saturated carbocycles. The van der Waals surface area contributed by atoms with E-state index in [0.29, 0.717) is 17.4 Å². The highest BCUT2D eigenvalue weighted by Crippen LogP contribution is 2.42. The van der Waals surface area contributed by atoms with Crippen molar-refractivity contribution in [2.45, 2.75) is 38.5 Å². The van der Waals surface area contributed by atoms with Gasteiger partial charge in [0.05, 0.1) is 10.7 Å². The van der Waals surface area contributed by atoms with Gasteiger partial charge in [0.2, 0.25) is 0 Å². The summed E-state index contributed by atoms with van der Waals surface area (Å²) >= 11 is 1.74. The Morgan fingerprint density at radius 3 is 2.38 bits per heavy atom. The van der Waals surface area contributed by atoms with Crippen molar-refractivity contribution in [1.82, 2.24) is 4.98 Å². The maximum atomic E-state index is 12.5. The van der Waals surface area contributed by atoms with Gasteiger partial charge in [-0.05, 0) is 48.6 Å². The van der Waals surface area contributed by atoms with E-state index in [1.54, 1.807) is 11.3 Å². The number of hydrogen-bond acceptors (Lipinski definition) is 3. The number of rotatable bonds is 5. The van der Waals surface area contributed by atoms with Gasteiger partial charge in [-0.1, -0.05) is 38.1 Å². The Kier molecular flexibility index (Phi) is 4.60. The number of carbonyl (C=O) groups excluding carboxylic acids is 1. The number of hydrogen-bond donors (Lipinski definition) is 1. The lowest BCUT2D eigenvalue weighted by atomic mass is 10.0. The van der Waals surface area contributed by atoms with E-state index in [4.69, 9.17) is 4.98 Å². The van der Waals surface area contributed by atoms with Gasteiger partial charge in [-0.15, -0.1) is 11.3 Å². The number of nitrogens with one attached hydrogen (secondary N) is 1. The molecule has 1 aromatic heterocycles. The monoisotopic (exact) mass is 362 g/mol. The topological polar surface area (TPSA) is 42.0 Å². The first-order valence-corrected chi connectivity index (χ1v) is 9.95. The Morgan fingerprint density at radius 2 is 1.77 bits per heavy atom. The fourth-order valence-corrected chi connectivity index (χ4v) is 3.89. The average Bonchev–Trinajstić information content (AvgIpc) is 3.39. The summed E-state index contributed by atoms with van der Waals surface area (Å²) in [7, 11) is 0. The van der Waals surface area contributed by atoms with Gasteiger partial charge in [-0.3, -0.25) is 4.79 Å². The summed E-state index contributed by atoms with van der Waals surface area (Å²) in [5.74, 6) is 1.07. The summed E-state index contributed by atoms with van der Waals surface area (Å²) < 4.78 is 0. The van der Waals surface area contributed by atoms with Crippen LogP contribution in [0.1, 0.15) is 59.5 Å². The van der Waals surface area contributed by atoms with Gasteiger partial charge >= 0.3 is 0 Å². The van der Waals surface area contributed by atoms with Gasteiger partial charge in [0.15, 0.2) is 0 Å². The van der Waals surface area contributed by atoms with E-state index in [-0.39, 0.29) is 5.91 Å². The minimum absolute atomic E-state index is 0.0919.